The predicted octanol–water partition coefficient (Wildman–Crippen LogP) is 3.89. The highest BCUT2D eigenvalue weighted by molar-refractivity contribution is 7.89. The van der Waals surface area contributed by atoms with Crippen molar-refractivity contribution in [2.45, 2.75) is 48.6 Å². The topological polar surface area (TPSA) is 66.4 Å². The van der Waals surface area contributed by atoms with Crippen molar-refractivity contribution in [1.29, 1.82) is 0 Å². The van der Waals surface area contributed by atoms with Gasteiger partial charge in [0.1, 0.15) is 6.54 Å². The molecule has 0 unspecified atom stereocenters. The average Bonchev–Trinajstić information content (AvgIpc) is 2.54. The second-order valence-electron chi connectivity index (χ2n) is 7.16. The third-order valence-corrected chi connectivity index (χ3v) is 5.27. The molecule has 0 bridgehead atoms. The first-order valence-corrected chi connectivity index (χ1v) is 9.80. The van der Waals surface area contributed by atoms with Crippen LogP contribution in [-0.2, 0) is 10.0 Å². The summed E-state index contributed by atoms with van der Waals surface area (Å²) in [6, 6.07) is 0. The van der Waals surface area contributed by atoms with Gasteiger partial charge in [-0.05, 0) is 0 Å². The van der Waals surface area contributed by atoms with Crippen LogP contribution < -0.4 is 4.72 Å². The van der Waals surface area contributed by atoms with Gasteiger partial charge in [-0.3, -0.25) is 0 Å². The number of hydrogen-bond donors (Lipinski definition) is 2. The van der Waals surface area contributed by atoms with E-state index in [0.29, 0.717) is 0 Å². The maximum absolute atomic E-state index is 13.6. The number of rotatable bonds is 12. The van der Waals surface area contributed by atoms with Crippen LogP contribution in [0.2, 0.25) is 0 Å². The predicted molar refractivity (Wildman–Crippen MR) is 80.6 cm³/mol. The van der Waals surface area contributed by atoms with Gasteiger partial charge in [0.05, 0.1) is 19.8 Å². The molecule has 32 heavy (non-hydrogen) atoms. The van der Waals surface area contributed by atoms with Crippen LogP contribution in [-0.4, -0.2) is 87.0 Å². The quantitative estimate of drug-likeness (QED) is 0.175. The molecule has 0 saturated heterocycles. The lowest BCUT2D eigenvalue weighted by molar-refractivity contribution is -1.07. The molecule has 19 heteroatoms. The Morgan fingerprint density at radius 2 is 1.16 bits per heavy atom. The number of hydrogen-bond acceptors (Lipinski definition) is 3. The van der Waals surface area contributed by atoms with E-state index in [-0.39, 0.29) is 13.0 Å². The van der Waals surface area contributed by atoms with Crippen molar-refractivity contribution >= 4 is 10.0 Å². The summed E-state index contributed by atoms with van der Waals surface area (Å²) in [6.07, 6.45) is -10.5. The Labute approximate surface area is 172 Å². The molecule has 0 aromatic rings. The summed E-state index contributed by atoms with van der Waals surface area (Å²) in [6.45, 7) is -0.677. The molecule has 0 aromatic heterocycles. The van der Waals surface area contributed by atoms with E-state index in [9.17, 15) is 70.7 Å². The van der Waals surface area contributed by atoms with Crippen molar-refractivity contribution in [1.82, 2.24) is 4.72 Å². The van der Waals surface area contributed by atoms with Gasteiger partial charge < -0.3 is 0 Å². The van der Waals surface area contributed by atoms with E-state index in [1.807, 2.05) is 0 Å². The van der Waals surface area contributed by atoms with Crippen molar-refractivity contribution in [2.24, 2.45) is 0 Å². The Balaban J connectivity index is 5.60. The maximum atomic E-state index is 13.6. The highest BCUT2D eigenvalue weighted by Crippen LogP contribution is 2.60. The van der Waals surface area contributed by atoms with Crippen LogP contribution in [0.5, 0.6) is 0 Å². The van der Waals surface area contributed by atoms with E-state index in [1.54, 1.807) is 0 Å². The molecule has 0 rings (SSSR count). The van der Waals surface area contributed by atoms with Gasteiger partial charge in [0.2, 0.25) is 10.0 Å². The molecule has 0 heterocycles. The molecule has 0 aliphatic carbocycles. The zero-order valence-corrected chi connectivity index (χ0v) is 16.9. The van der Waals surface area contributed by atoms with E-state index in [4.69, 9.17) is 0 Å². The monoisotopic (exact) mass is 529 g/mol. The van der Waals surface area contributed by atoms with Crippen LogP contribution in [0.4, 0.5) is 57.1 Å². The summed E-state index contributed by atoms with van der Waals surface area (Å²) >= 11 is 0. The van der Waals surface area contributed by atoms with E-state index in [0.717, 1.165) is 0 Å². The molecule has 0 saturated carbocycles. The maximum Gasteiger partial charge on any atom is 0.460 e. The highest BCUT2D eigenvalue weighted by atomic mass is 32.2. The van der Waals surface area contributed by atoms with Gasteiger partial charge in [0, 0.05) is 19.4 Å². The third kappa shape index (κ3) is 6.28. The first-order chi connectivity index (χ1) is 13.7. The van der Waals surface area contributed by atoms with Crippen LogP contribution in [0.1, 0.15) is 12.8 Å². The van der Waals surface area contributed by atoms with Gasteiger partial charge >= 0.3 is 35.8 Å². The minimum atomic E-state index is -8.03. The Morgan fingerprint density at radius 1 is 0.750 bits per heavy atom. The van der Waals surface area contributed by atoms with Crippen LogP contribution >= 0.6 is 0 Å². The zero-order chi connectivity index (χ0) is 26.2. The summed E-state index contributed by atoms with van der Waals surface area (Å²) in [4.78, 5) is 0. The number of halogens is 13. The Hall–Kier alpha value is -1.08. The summed E-state index contributed by atoms with van der Waals surface area (Å²) in [5.41, 5.74) is 0. The summed E-state index contributed by atoms with van der Waals surface area (Å²) in [7, 11) is -2.45. The highest BCUT2D eigenvalue weighted by Gasteiger charge is 2.90. The van der Waals surface area contributed by atoms with Crippen molar-refractivity contribution in [3.05, 3.63) is 0 Å². The fourth-order valence-electron chi connectivity index (χ4n) is 1.99. The number of nitrogens with one attached hydrogen (secondary N) is 1. The molecule has 0 aromatic carbocycles. The van der Waals surface area contributed by atoms with Crippen LogP contribution in [0.3, 0.4) is 0 Å². The van der Waals surface area contributed by atoms with E-state index >= 15 is 0 Å². The molecule has 0 fully saturated rings. The fraction of sp³-hybridized carbons (Fsp3) is 1.00. The lowest BCUT2D eigenvalue weighted by Crippen LogP contribution is -2.70. The number of hydroxylamine groups is 3. The Kier molecular flexibility index (Phi) is 8.63. The van der Waals surface area contributed by atoms with Crippen molar-refractivity contribution in [3.63, 3.8) is 0 Å². The van der Waals surface area contributed by atoms with E-state index < -0.39 is 69.2 Å². The molecule has 0 radical (unpaired) electrons. The average molecular weight is 529 g/mol. The molecule has 0 amide bonds. The van der Waals surface area contributed by atoms with Gasteiger partial charge in [0.15, 0.2) is 0 Å². The normalized spacial score (nSPS) is 15.9. The molecule has 0 aliphatic heterocycles. The van der Waals surface area contributed by atoms with Crippen molar-refractivity contribution in [2.75, 3.05) is 32.9 Å². The molecule has 2 N–H and O–H groups in total. The lowest BCUT2D eigenvalue weighted by Gasteiger charge is -2.39. The number of alkyl halides is 13. The molecule has 5 nitrogen and oxygen atoms in total. The minimum Gasteiger partial charge on any atom is -0.217 e. The summed E-state index contributed by atoms with van der Waals surface area (Å²) < 4.78 is 192. The molecule has 0 atom stereocenters. The number of quaternary nitrogens is 1. The smallest absolute Gasteiger partial charge is 0.217 e. The standard InChI is InChI=1S/C13H18F13N2O3S/c1-28(2,29)6-3-5-27-32(30,31)7-4-8(14,15)9(16,17)10(18,19)11(20,21)12(22,23)13(24,25)26/h27,29H,3-7H2,1-2H3/q+1. The minimum absolute atomic E-state index is 0.106. The van der Waals surface area contributed by atoms with Crippen molar-refractivity contribution < 1.29 is 75.3 Å². The van der Waals surface area contributed by atoms with Crippen LogP contribution in [0.15, 0.2) is 0 Å². The lowest BCUT2D eigenvalue weighted by atomic mass is 9.93. The molecular weight excluding hydrogens is 511 g/mol. The number of nitrogens with zero attached hydrogens (tertiary/aromatic N) is 1. The van der Waals surface area contributed by atoms with E-state index in [1.165, 1.54) is 18.8 Å². The second kappa shape index (κ2) is 8.94. The molecule has 0 spiro atoms. The summed E-state index contributed by atoms with van der Waals surface area (Å²) in [5.74, 6) is -39.9. The van der Waals surface area contributed by atoms with Gasteiger partial charge in [0.25, 0.3) is 0 Å². The first kappa shape index (κ1) is 30.9. The zero-order valence-electron chi connectivity index (χ0n) is 16.1. The van der Waals surface area contributed by atoms with Gasteiger partial charge in [-0.1, -0.05) is 0 Å². The third-order valence-electron chi connectivity index (χ3n) is 3.89. The second-order valence-corrected chi connectivity index (χ2v) is 9.09. The Morgan fingerprint density at radius 3 is 1.53 bits per heavy atom. The first-order valence-electron chi connectivity index (χ1n) is 8.15. The van der Waals surface area contributed by atoms with Gasteiger partial charge in [-0.25, -0.2) is 18.3 Å². The molecular formula is C13H18F13N2O3S+. The van der Waals surface area contributed by atoms with Crippen molar-refractivity contribution in [3.8, 4) is 0 Å². The summed E-state index contributed by atoms with van der Waals surface area (Å²) in [5, 5.41) is 9.32. The fourth-order valence-corrected chi connectivity index (χ4v) is 3.11. The van der Waals surface area contributed by atoms with E-state index in [2.05, 4.69) is 0 Å². The SMILES string of the molecule is C[N+](C)(O)CCCNS(=O)(=O)CCC(F)(F)C(F)(F)C(F)(F)C(F)(F)C(F)(F)C(F)(F)F. The largest absolute Gasteiger partial charge is 0.460 e. The van der Waals surface area contributed by atoms with Gasteiger partial charge in [-0.15, -0.1) is 0 Å². The van der Waals surface area contributed by atoms with Crippen LogP contribution in [0, 0.1) is 0 Å². The van der Waals surface area contributed by atoms with Gasteiger partial charge in [-0.2, -0.15) is 61.7 Å². The van der Waals surface area contributed by atoms with Crippen LogP contribution in [0.25, 0.3) is 0 Å². The molecule has 194 valence electrons. The number of sulfonamides is 1. The Bertz CT molecular complexity index is 745. The molecule has 0 aliphatic rings.